The summed E-state index contributed by atoms with van der Waals surface area (Å²) in [6.07, 6.45) is -3.63. The average Bonchev–Trinajstić information content (AvgIpc) is 2.04. The Morgan fingerprint density at radius 3 is 2.57 bits per heavy atom. The Hall–Kier alpha value is -0.730. The number of H-pyrrole nitrogens is 1. The highest BCUT2D eigenvalue weighted by Crippen LogP contribution is 2.22. The van der Waals surface area contributed by atoms with Gasteiger partial charge in [0, 0.05) is 6.20 Å². The Kier molecular flexibility index (Phi) is 3.07. The van der Waals surface area contributed by atoms with Crippen LogP contribution in [0.25, 0.3) is 0 Å². The van der Waals surface area contributed by atoms with Crippen molar-refractivity contribution in [2.24, 2.45) is 0 Å². The smallest absolute Gasteiger partial charge is 0.390 e. The van der Waals surface area contributed by atoms with Crippen LogP contribution in [0.3, 0.4) is 0 Å². The van der Waals surface area contributed by atoms with E-state index in [0.717, 1.165) is 6.20 Å². The van der Waals surface area contributed by atoms with E-state index >= 15 is 0 Å². The van der Waals surface area contributed by atoms with Crippen LogP contribution in [0, 0.1) is 10.5 Å². The molecule has 1 heterocycles. The molecular weight excluding hydrogens is 314 g/mol. The van der Waals surface area contributed by atoms with Crippen molar-refractivity contribution in [3.05, 3.63) is 25.6 Å². The van der Waals surface area contributed by atoms with Crippen LogP contribution >= 0.6 is 22.6 Å². The van der Waals surface area contributed by atoms with E-state index in [0.29, 0.717) is 3.57 Å². The van der Waals surface area contributed by atoms with Crippen LogP contribution in [0.5, 0.6) is 5.88 Å². The van der Waals surface area contributed by atoms with Crippen LogP contribution in [0.15, 0.2) is 11.0 Å². The molecule has 0 aromatic carbocycles. The summed E-state index contributed by atoms with van der Waals surface area (Å²) < 4.78 is 39.3. The second-order valence-corrected chi connectivity index (χ2v) is 3.63. The fourth-order valence-electron chi connectivity index (χ4n) is 0.807. The Balaban J connectivity index is 3.13. The highest BCUT2D eigenvalue weighted by molar-refractivity contribution is 14.1. The molecular formula is C7H5F3INO2. The summed E-state index contributed by atoms with van der Waals surface area (Å²) in [7, 11) is 0. The first kappa shape index (κ1) is 11.3. The molecule has 0 aliphatic heterocycles. The third-order valence-electron chi connectivity index (χ3n) is 1.45. The first-order chi connectivity index (χ1) is 6.31. The first-order valence-electron chi connectivity index (χ1n) is 3.45. The van der Waals surface area contributed by atoms with Gasteiger partial charge in [-0.25, -0.2) is 0 Å². The molecule has 0 aliphatic rings. The summed E-state index contributed by atoms with van der Waals surface area (Å²) in [6, 6.07) is 0. The normalized spacial score (nSPS) is 11.5. The van der Waals surface area contributed by atoms with E-state index in [1.54, 1.807) is 22.6 Å². The van der Waals surface area contributed by atoms with Crippen molar-refractivity contribution >= 4 is 22.6 Å². The molecule has 0 spiro atoms. The van der Waals surface area contributed by atoms with Gasteiger partial charge in [-0.15, -0.1) is 13.2 Å². The third kappa shape index (κ3) is 2.63. The molecule has 0 unspecified atom stereocenters. The van der Waals surface area contributed by atoms with Crippen LogP contribution in [0.2, 0.25) is 0 Å². The van der Waals surface area contributed by atoms with E-state index in [9.17, 15) is 18.0 Å². The molecule has 1 N–H and O–H groups in total. The third-order valence-corrected chi connectivity index (χ3v) is 2.25. The monoisotopic (exact) mass is 319 g/mol. The van der Waals surface area contributed by atoms with E-state index < -0.39 is 17.7 Å². The van der Waals surface area contributed by atoms with Gasteiger partial charge in [0.15, 0.2) is 0 Å². The second-order valence-electron chi connectivity index (χ2n) is 2.47. The van der Waals surface area contributed by atoms with Crippen LogP contribution in [-0.4, -0.2) is 11.3 Å². The minimum absolute atomic E-state index is 0.0887. The van der Waals surface area contributed by atoms with Crippen LogP contribution in [0.1, 0.15) is 5.56 Å². The van der Waals surface area contributed by atoms with E-state index in [-0.39, 0.29) is 5.56 Å². The van der Waals surface area contributed by atoms with E-state index in [2.05, 4.69) is 9.72 Å². The maximum absolute atomic E-state index is 11.8. The number of aromatic amines is 1. The minimum Gasteiger partial charge on any atom is -0.390 e. The quantitative estimate of drug-likeness (QED) is 0.806. The molecule has 0 radical (unpaired) electrons. The van der Waals surface area contributed by atoms with Crippen molar-refractivity contribution in [1.82, 2.24) is 4.98 Å². The van der Waals surface area contributed by atoms with Crippen molar-refractivity contribution < 1.29 is 17.9 Å². The molecule has 1 aromatic rings. The molecule has 0 aliphatic carbocycles. The maximum atomic E-state index is 11.8. The maximum Gasteiger partial charge on any atom is 0.574 e. The second kappa shape index (κ2) is 3.79. The molecule has 1 rings (SSSR count). The van der Waals surface area contributed by atoms with Crippen molar-refractivity contribution in [3.8, 4) is 5.88 Å². The Morgan fingerprint density at radius 1 is 1.50 bits per heavy atom. The zero-order chi connectivity index (χ0) is 10.9. The number of aromatic nitrogens is 1. The van der Waals surface area contributed by atoms with E-state index in [1.165, 1.54) is 6.92 Å². The molecule has 0 bridgehead atoms. The molecule has 0 fully saturated rings. The number of hydrogen-bond donors (Lipinski definition) is 1. The zero-order valence-corrected chi connectivity index (χ0v) is 9.06. The van der Waals surface area contributed by atoms with Gasteiger partial charge < -0.3 is 9.72 Å². The zero-order valence-electron chi connectivity index (χ0n) is 6.91. The summed E-state index contributed by atoms with van der Waals surface area (Å²) in [4.78, 5) is 13.5. The molecule has 7 heteroatoms. The van der Waals surface area contributed by atoms with Gasteiger partial charge in [0.2, 0.25) is 11.3 Å². The number of rotatable bonds is 1. The van der Waals surface area contributed by atoms with Crippen LogP contribution in [-0.2, 0) is 0 Å². The Bertz CT molecular complexity index is 399. The molecule has 0 saturated carbocycles. The van der Waals surface area contributed by atoms with Crippen molar-refractivity contribution in [3.63, 3.8) is 0 Å². The van der Waals surface area contributed by atoms with E-state index in [1.807, 2.05) is 0 Å². The van der Waals surface area contributed by atoms with Gasteiger partial charge in [-0.05, 0) is 29.5 Å². The number of pyridine rings is 1. The van der Waals surface area contributed by atoms with Gasteiger partial charge in [-0.1, -0.05) is 0 Å². The molecule has 0 atom stereocenters. The Morgan fingerprint density at radius 2 is 2.07 bits per heavy atom. The number of ether oxygens (including phenoxy) is 1. The van der Waals surface area contributed by atoms with Crippen molar-refractivity contribution in [2.75, 3.05) is 0 Å². The predicted octanol–water partition coefficient (Wildman–Crippen LogP) is 2.19. The summed E-state index contributed by atoms with van der Waals surface area (Å²) in [5.74, 6) is -0.567. The van der Waals surface area contributed by atoms with Gasteiger partial charge in [0.25, 0.3) is 0 Å². The molecule has 0 amide bonds. The van der Waals surface area contributed by atoms with E-state index in [4.69, 9.17) is 0 Å². The van der Waals surface area contributed by atoms with Gasteiger partial charge in [-0.2, -0.15) is 0 Å². The van der Waals surface area contributed by atoms with Crippen LogP contribution < -0.4 is 10.2 Å². The SMILES string of the molecule is Cc1c(OC(F)(F)F)[nH]cc(I)c1=O. The summed E-state index contributed by atoms with van der Waals surface area (Å²) in [6.45, 7) is 1.27. The fraction of sp³-hybridized carbons (Fsp3) is 0.286. The van der Waals surface area contributed by atoms with Gasteiger partial charge in [-0.3, -0.25) is 4.79 Å². The lowest BCUT2D eigenvalue weighted by Crippen LogP contribution is -2.21. The number of nitrogens with one attached hydrogen (secondary N) is 1. The largest absolute Gasteiger partial charge is 0.574 e. The molecule has 78 valence electrons. The topological polar surface area (TPSA) is 42.1 Å². The molecule has 3 nitrogen and oxygen atoms in total. The van der Waals surface area contributed by atoms with Crippen LogP contribution in [0.4, 0.5) is 13.2 Å². The summed E-state index contributed by atoms with van der Waals surface area (Å²) in [5, 5.41) is 0. The fourth-order valence-corrected chi connectivity index (χ4v) is 1.37. The first-order valence-corrected chi connectivity index (χ1v) is 4.52. The lowest BCUT2D eigenvalue weighted by Gasteiger charge is -2.10. The highest BCUT2D eigenvalue weighted by atomic mass is 127. The minimum atomic E-state index is -4.79. The highest BCUT2D eigenvalue weighted by Gasteiger charge is 2.32. The van der Waals surface area contributed by atoms with Crippen molar-refractivity contribution in [2.45, 2.75) is 13.3 Å². The molecule has 0 saturated heterocycles. The number of hydrogen-bond acceptors (Lipinski definition) is 2. The van der Waals surface area contributed by atoms with Gasteiger partial charge in [0.1, 0.15) is 0 Å². The summed E-state index contributed by atoms with van der Waals surface area (Å²) >= 11 is 1.72. The number of halogens is 4. The number of alkyl halides is 3. The lowest BCUT2D eigenvalue weighted by atomic mass is 10.3. The van der Waals surface area contributed by atoms with Gasteiger partial charge >= 0.3 is 6.36 Å². The Labute approximate surface area is 90.4 Å². The average molecular weight is 319 g/mol. The molecule has 1 aromatic heterocycles. The summed E-state index contributed by atoms with van der Waals surface area (Å²) in [5.41, 5.74) is -0.558. The van der Waals surface area contributed by atoms with Gasteiger partial charge in [0.05, 0.1) is 9.13 Å². The standard InChI is InChI=1S/C7H5F3INO2/c1-3-5(13)4(11)2-12-6(3)14-7(8,9)10/h2H,1H3,(H,12,13). The molecule has 14 heavy (non-hydrogen) atoms. The van der Waals surface area contributed by atoms with Crippen molar-refractivity contribution in [1.29, 1.82) is 0 Å². The predicted molar refractivity (Wildman–Crippen MR) is 51.2 cm³/mol. The lowest BCUT2D eigenvalue weighted by molar-refractivity contribution is -0.276.